The van der Waals surface area contributed by atoms with Gasteiger partial charge in [0.05, 0.1) is 0 Å². The van der Waals surface area contributed by atoms with Crippen LogP contribution in [0.5, 0.6) is 0 Å². The molecule has 0 amide bonds. The van der Waals surface area contributed by atoms with Crippen LogP contribution in [-0.4, -0.2) is 41.1 Å². The number of H-pyrrole nitrogens is 1. The Morgan fingerprint density at radius 3 is 2.46 bits per heavy atom. The Bertz CT molecular complexity index is 629. The number of para-hydroxylation sites is 1. The fourth-order valence-electron chi connectivity index (χ4n) is 2.98. The van der Waals surface area contributed by atoms with Crippen LogP contribution < -0.4 is 5.32 Å². The maximum Gasteiger partial charge on any atom is 0.326 e. The molecule has 1 heterocycles. The fourth-order valence-corrected chi connectivity index (χ4v) is 2.98. The molecule has 0 bridgehead atoms. The summed E-state index contributed by atoms with van der Waals surface area (Å²) in [5.41, 5.74) is 1.94. The summed E-state index contributed by atoms with van der Waals surface area (Å²) in [6.07, 6.45) is 0.436. The monoisotopic (exact) mass is 334 g/mol. The maximum absolute atomic E-state index is 11.8. The first-order chi connectivity index (χ1) is 11.6. The highest BCUT2D eigenvalue weighted by molar-refractivity contribution is 5.80. The van der Waals surface area contributed by atoms with Crippen LogP contribution in [0.25, 0.3) is 10.9 Å². The highest BCUT2D eigenvalue weighted by Gasteiger charge is 2.43. The van der Waals surface area contributed by atoms with E-state index in [1.54, 1.807) is 0 Å². The highest BCUT2D eigenvalue weighted by atomic mass is 16.7. The summed E-state index contributed by atoms with van der Waals surface area (Å²) >= 11 is 0. The zero-order valence-electron chi connectivity index (χ0n) is 14.5. The lowest BCUT2D eigenvalue weighted by molar-refractivity contribution is -0.252. The Kier molecular flexibility index (Phi) is 6.36. The molecule has 2 rings (SSSR count). The van der Waals surface area contributed by atoms with Crippen LogP contribution in [0.2, 0.25) is 0 Å². The Hall–Kier alpha value is -1.89. The lowest BCUT2D eigenvalue weighted by Crippen LogP contribution is -2.58. The van der Waals surface area contributed by atoms with Crippen LogP contribution in [0.15, 0.2) is 30.3 Å². The van der Waals surface area contributed by atoms with E-state index in [-0.39, 0.29) is 0 Å². The molecule has 1 unspecified atom stereocenters. The Balaban J connectivity index is 2.18. The molecule has 2 aromatic rings. The number of fused-ring (bicyclic) bond motifs is 1. The summed E-state index contributed by atoms with van der Waals surface area (Å²) in [4.78, 5) is 15.1. The van der Waals surface area contributed by atoms with Crippen LogP contribution in [0.1, 0.15) is 32.9 Å². The Morgan fingerprint density at radius 1 is 1.25 bits per heavy atom. The van der Waals surface area contributed by atoms with Gasteiger partial charge in [0, 0.05) is 37.4 Å². The highest BCUT2D eigenvalue weighted by Crippen LogP contribution is 2.24. The molecule has 3 N–H and O–H groups in total. The van der Waals surface area contributed by atoms with Crippen molar-refractivity contribution in [3.63, 3.8) is 0 Å². The number of carboxylic acids is 1. The molecule has 1 aromatic carbocycles. The summed E-state index contributed by atoms with van der Waals surface area (Å²) in [5.74, 6) is -2.17. The van der Waals surface area contributed by atoms with Crippen LogP contribution in [0.3, 0.4) is 0 Å². The van der Waals surface area contributed by atoms with Gasteiger partial charge in [0.1, 0.15) is 0 Å². The first-order valence-corrected chi connectivity index (χ1v) is 8.37. The third-order valence-electron chi connectivity index (χ3n) is 4.04. The van der Waals surface area contributed by atoms with Gasteiger partial charge in [-0.25, -0.2) is 0 Å². The molecular formula is C18H26N2O4. The number of hydrogen-bond donors (Lipinski definition) is 3. The summed E-state index contributed by atoms with van der Waals surface area (Å²) in [7, 11) is 0. The van der Waals surface area contributed by atoms with Gasteiger partial charge >= 0.3 is 5.97 Å². The first-order valence-electron chi connectivity index (χ1n) is 8.37. The smallest absolute Gasteiger partial charge is 0.326 e. The average Bonchev–Trinajstić information content (AvgIpc) is 2.97. The van der Waals surface area contributed by atoms with Crippen molar-refractivity contribution in [1.29, 1.82) is 0 Å². The van der Waals surface area contributed by atoms with Crippen molar-refractivity contribution in [1.82, 2.24) is 10.3 Å². The van der Waals surface area contributed by atoms with Gasteiger partial charge in [-0.1, -0.05) is 25.1 Å². The Labute approximate surface area is 142 Å². The number of carbonyl (C=O) groups is 1. The van der Waals surface area contributed by atoms with Gasteiger partial charge in [-0.05, 0) is 31.4 Å². The number of ether oxygens (including phenoxy) is 2. The van der Waals surface area contributed by atoms with E-state index in [1.807, 2.05) is 51.1 Å². The predicted octanol–water partition coefficient (Wildman–Crippen LogP) is 2.89. The number of aliphatic carboxylic acids is 1. The van der Waals surface area contributed by atoms with Crippen molar-refractivity contribution in [3.8, 4) is 0 Å². The van der Waals surface area contributed by atoms with Crippen LogP contribution in [0, 0.1) is 0 Å². The van der Waals surface area contributed by atoms with Crippen LogP contribution >= 0.6 is 0 Å². The molecule has 6 nitrogen and oxygen atoms in total. The van der Waals surface area contributed by atoms with E-state index in [9.17, 15) is 9.90 Å². The zero-order valence-corrected chi connectivity index (χ0v) is 14.5. The van der Waals surface area contributed by atoms with E-state index < -0.39 is 17.8 Å². The van der Waals surface area contributed by atoms with Gasteiger partial charge in [-0.2, -0.15) is 0 Å². The number of nitrogens with one attached hydrogen (secondary N) is 2. The number of aromatic amines is 1. The number of rotatable bonds is 10. The van der Waals surface area contributed by atoms with Crippen molar-refractivity contribution in [2.24, 2.45) is 0 Å². The average molecular weight is 334 g/mol. The number of benzene rings is 1. The first kappa shape index (κ1) is 18.4. The summed E-state index contributed by atoms with van der Waals surface area (Å²) in [6, 6.07) is 8.98. The molecular weight excluding hydrogens is 308 g/mol. The number of hydrogen-bond acceptors (Lipinski definition) is 4. The standard InChI is InChI=1S/C18H26N2O4/c1-4-18(23-5-2,24-6-3)16(17(21)22)19-12-14-11-13-9-7-8-10-15(13)20-14/h7-11,16,19-20H,4-6,12H2,1-3H3,(H,21,22). The molecule has 6 heteroatoms. The molecule has 0 aliphatic rings. The molecule has 0 saturated heterocycles. The molecule has 0 spiro atoms. The van der Waals surface area contributed by atoms with Crippen molar-refractivity contribution >= 4 is 16.9 Å². The summed E-state index contributed by atoms with van der Waals surface area (Å²) in [5, 5.41) is 13.9. The lowest BCUT2D eigenvalue weighted by Gasteiger charge is -2.37. The molecule has 132 valence electrons. The van der Waals surface area contributed by atoms with Gasteiger partial charge in [0.25, 0.3) is 0 Å². The maximum atomic E-state index is 11.8. The normalized spacial score (nSPS) is 13.3. The van der Waals surface area contributed by atoms with E-state index in [0.717, 1.165) is 16.6 Å². The second-order valence-electron chi connectivity index (χ2n) is 5.57. The van der Waals surface area contributed by atoms with Gasteiger partial charge in [-0.3, -0.25) is 10.1 Å². The minimum absolute atomic E-state index is 0.381. The van der Waals surface area contributed by atoms with Crippen LogP contribution in [0.4, 0.5) is 0 Å². The third-order valence-corrected chi connectivity index (χ3v) is 4.04. The minimum Gasteiger partial charge on any atom is -0.480 e. The molecule has 0 aliphatic carbocycles. The van der Waals surface area contributed by atoms with E-state index in [1.165, 1.54) is 0 Å². The van der Waals surface area contributed by atoms with E-state index in [2.05, 4.69) is 10.3 Å². The molecule has 1 atom stereocenters. The van der Waals surface area contributed by atoms with E-state index in [4.69, 9.17) is 9.47 Å². The minimum atomic E-state index is -1.18. The lowest BCUT2D eigenvalue weighted by atomic mass is 10.0. The second kappa shape index (κ2) is 8.28. The fraction of sp³-hybridized carbons (Fsp3) is 0.500. The van der Waals surface area contributed by atoms with Crippen molar-refractivity contribution in [2.45, 2.75) is 45.6 Å². The molecule has 0 aliphatic heterocycles. The molecule has 24 heavy (non-hydrogen) atoms. The summed E-state index contributed by atoms with van der Waals surface area (Å²) < 4.78 is 11.4. The van der Waals surface area contributed by atoms with Gasteiger partial charge in [-0.15, -0.1) is 0 Å². The molecule has 0 saturated carbocycles. The van der Waals surface area contributed by atoms with Gasteiger partial charge in [0.15, 0.2) is 11.8 Å². The topological polar surface area (TPSA) is 83.6 Å². The quantitative estimate of drug-likeness (QED) is 0.582. The summed E-state index contributed by atoms with van der Waals surface area (Å²) in [6.45, 7) is 6.68. The third kappa shape index (κ3) is 3.95. The largest absolute Gasteiger partial charge is 0.480 e. The second-order valence-corrected chi connectivity index (χ2v) is 5.57. The number of aromatic nitrogens is 1. The molecule has 0 radical (unpaired) electrons. The van der Waals surface area contributed by atoms with Crippen LogP contribution in [-0.2, 0) is 20.8 Å². The Morgan fingerprint density at radius 2 is 1.92 bits per heavy atom. The van der Waals surface area contributed by atoms with Gasteiger partial charge in [0.2, 0.25) is 0 Å². The molecule has 0 fully saturated rings. The van der Waals surface area contributed by atoms with E-state index >= 15 is 0 Å². The SMILES string of the molecule is CCOC(CC)(OCC)C(NCc1cc2ccccc2[nH]1)C(=O)O. The van der Waals surface area contributed by atoms with Gasteiger partial charge < -0.3 is 19.6 Å². The zero-order chi connectivity index (χ0) is 17.6. The predicted molar refractivity (Wildman–Crippen MR) is 92.8 cm³/mol. The number of carboxylic acid groups (broad SMARTS) is 1. The van der Waals surface area contributed by atoms with Crippen molar-refractivity contribution in [2.75, 3.05) is 13.2 Å². The molecule has 1 aromatic heterocycles. The van der Waals surface area contributed by atoms with Crippen molar-refractivity contribution < 1.29 is 19.4 Å². The van der Waals surface area contributed by atoms with E-state index in [0.29, 0.717) is 26.2 Å². The van der Waals surface area contributed by atoms with Crippen molar-refractivity contribution in [3.05, 3.63) is 36.0 Å².